The van der Waals surface area contributed by atoms with Gasteiger partial charge in [-0.15, -0.1) is 0 Å². The normalized spacial score (nSPS) is 10.7. The Hall–Kier alpha value is -1.26. The largest absolute Gasteiger partial charge is 0.508 e. The fraction of sp³-hybridized carbons (Fsp3) is 0.462. The molecule has 0 aliphatic carbocycles. The Bertz CT molecular complexity index is 388. The minimum Gasteiger partial charge on any atom is -0.508 e. The van der Waals surface area contributed by atoms with Crippen LogP contribution in [0.15, 0.2) is 18.2 Å². The van der Waals surface area contributed by atoms with E-state index in [1.165, 1.54) is 0 Å². The predicted molar refractivity (Wildman–Crippen MR) is 72.7 cm³/mol. The van der Waals surface area contributed by atoms with Crippen molar-refractivity contribution in [2.75, 3.05) is 13.1 Å². The fourth-order valence-electron chi connectivity index (χ4n) is 1.41. The predicted octanol–water partition coefficient (Wildman–Crippen LogP) is 1.91. The lowest BCUT2D eigenvalue weighted by molar-refractivity contribution is -0.123. The standard InChI is InChI=1S/C13H19ClN2O2/c1-9(2)13(18)16-7-6-15-8-10-11(14)4-3-5-12(10)17/h3-5,9,15,17H,6-8H2,1-2H3,(H,16,18). The van der Waals surface area contributed by atoms with Crippen LogP contribution in [-0.4, -0.2) is 24.1 Å². The third-order valence-electron chi connectivity index (χ3n) is 2.52. The van der Waals surface area contributed by atoms with Crippen molar-refractivity contribution < 1.29 is 9.90 Å². The average Bonchev–Trinajstić information content (AvgIpc) is 2.31. The topological polar surface area (TPSA) is 61.4 Å². The summed E-state index contributed by atoms with van der Waals surface area (Å²) in [4.78, 5) is 11.3. The van der Waals surface area contributed by atoms with Gasteiger partial charge in [-0.25, -0.2) is 0 Å². The number of halogens is 1. The van der Waals surface area contributed by atoms with E-state index < -0.39 is 0 Å². The Labute approximate surface area is 112 Å². The number of hydrogen-bond donors (Lipinski definition) is 3. The SMILES string of the molecule is CC(C)C(=O)NCCNCc1c(O)cccc1Cl. The Morgan fingerprint density at radius 2 is 2.11 bits per heavy atom. The zero-order valence-electron chi connectivity index (χ0n) is 10.7. The third kappa shape index (κ3) is 4.55. The zero-order chi connectivity index (χ0) is 13.5. The van der Waals surface area contributed by atoms with E-state index in [1.54, 1.807) is 18.2 Å². The van der Waals surface area contributed by atoms with Gasteiger partial charge in [-0.1, -0.05) is 31.5 Å². The molecule has 0 heterocycles. The highest BCUT2D eigenvalue weighted by atomic mass is 35.5. The van der Waals surface area contributed by atoms with E-state index >= 15 is 0 Å². The molecular weight excluding hydrogens is 252 g/mol. The lowest BCUT2D eigenvalue weighted by Crippen LogP contribution is -2.34. The molecule has 0 aliphatic heterocycles. The van der Waals surface area contributed by atoms with Crippen LogP contribution in [0.3, 0.4) is 0 Å². The number of hydrogen-bond acceptors (Lipinski definition) is 3. The first-order chi connectivity index (χ1) is 8.52. The third-order valence-corrected chi connectivity index (χ3v) is 2.88. The van der Waals surface area contributed by atoms with Gasteiger partial charge in [-0.3, -0.25) is 4.79 Å². The van der Waals surface area contributed by atoms with Gasteiger partial charge in [0.25, 0.3) is 0 Å². The Kier molecular flexibility index (Phi) is 5.95. The number of phenolic OH excluding ortho intramolecular Hbond substituents is 1. The summed E-state index contributed by atoms with van der Waals surface area (Å²) in [5.74, 6) is 0.219. The average molecular weight is 271 g/mol. The molecule has 0 bridgehead atoms. The van der Waals surface area contributed by atoms with Gasteiger partial charge >= 0.3 is 0 Å². The maximum atomic E-state index is 11.3. The molecule has 0 saturated heterocycles. The molecule has 0 spiro atoms. The second-order valence-corrected chi connectivity index (χ2v) is 4.77. The summed E-state index contributed by atoms with van der Waals surface area (Å²) < 4.78 is 0. The molecule has 5 heteroatoms. The van der Waals surface area contributed by atoms with Crippen molar-refractivity contribution in [1.29, 1.82) is 0 Å². The number of aromatic hydroxyl groups is 1. The first-order valence-electron chi connectivity index (χ1n) is 5.97. The van der Waals surface area contributed by atoms with Gasteiger partial charge in [0, 0.05) is 36.1 Å². The minimum absolute atomic E-state index is 0.00221. The molecule has 4 nitrogen and oxygen atoms in total. The van der Waals surface area contributed by atoms with Crippen molar-refractivity contribution >= 4 is 17.5 Å². The molecule has 0 aliphatic rings. The van der Waals surface area contributed by atoms with Crippen LogP contribution in [0.1, 0.15) is 19.4 Å². The first kappa shape index (κ1) is 14.8. The summed E-state index contributed by atoms with van der Waals surface area (Å²) in [6, 6.07) is 5.03. The summed E-state index contributed by atoms with van der Waals surface area (Å²) >= 11 is 5.96. The van der Waals surface area contributed by atoms with Crippen molar-refractivity contribution in [2.24, 2.45) is 5.92 Å². The van der Waals surface area contributed by atoms with E-state index in [4.69, 9.17) is 11.6 Å². The first-order valence-corrected chi connectivity index (χ1v) is 6.35. The Morgan fingerprint density at radius 3 is 2.72 bits per heavy atom. The Morgan fingerprint density at radius 1 is 1.39 bits per heavy atom. The molecule has 0 radical (unpaired) electrons. The van der Waals surface area contributed by atoms with Crippen LogP contribution in [0.2, 0.25) is 5.02 Å². The summed E-state index contributed by atoms with van der Waals surface area (Å²) in [5, 5.41) is 16.1. The smallest absolute Gasteiger partial charge is 0.222 e. The molecule has 18 heavy (non-hydrogen) atoms. The number of carbonyl (C=O) groups is 1. The van der Waals surface area contributed by atoms with Gasteiger partial charge in [-0.05, 0) is 12.1 Å². The molecule has 1 aromatic rings. The van der Waals surface area contributed by atoms with E-state index in [9.17, 15) is 9.90 Å². The van der Waals surface area contributed by atoms with E-state index in [-0.39, 0.29) is 17.6 Å². The van der Waals surface area contributed by atoms with Gasteiger partial charge in [-0.2, -0.15) is 0 Å². The van der Waals surface area contributed by atoms with Crippen LogP contribution in [0.25, 0.3) is 0 Å². The van der Waals surface area contributed by atoms with Gasteiger partial charge in [0.15, 0.2) is 0 Å². The molecule has 0 unspecified atom stereocenters. The molecule has 0 fully saturated rings. The zero-order valence-corrected chi connectivity index (χ0v) is 11.4. The molecule has 0 atom stereocenters. The van der Waals surface area contributed by atoms with Gasteiger partial charge in [0.2, 0.25) is 5.91 Å². The highest BCUT2D eigenvalue weighted by molar-refractivity contribution is 6.31. The molecule has 3 N–H and O–H groups in total. The number of rotatable bonds is 6. The van der Waals surface area contributed by atoms with E-state index in [1.807, 2.05) is 13.8 Å². The maximum absolute atomic E-state index is 11.3. The van der Waals surface area contributed by atoms with Crippen LogP contribution in [-0.2, 0) is 11.3 Å². The van der Waals surface area contributed by atoms with Crippen molar-refractivity contribution in [2.45, 2.75) is 20.4 Å². The van der Waals surface area contributed by atoms with Crippen LogP contribution in [0.4, 0.5) is 0 Å². The van der Waals surface area contributed by atoms with E-state index in [0.717, 1.165) is 0 Å². The number of phenols is 1. The summed E-state index contributed by atoms with van der Waals surface area (Å²) in [6.45, 7) is 5.36. The second kappa shape index (κ2) is 7.24. The van der Waals surface area contributed by atoms with Crippen LogP contribution in [0, 0.1) is 5.92 Å². The van der Waals surface area contributed by atoms with E-state index in [0.29, 0.717) is 30.2 Å². The van der Waals surface area contributed by atoms with Crippen LogP contribution in [0.5, 0.6) is 5.75 Å². The monoisotopic (exact) mass is 270 g/mol. The van der Waals surface area contributed by atoms with Crippen molar-refractivity contribution in [3.63, 3.8) is 0 Å². The molecule has 0 aromatic heterocycles. The number of nitrogens with one attached hydrogen (secondary N) is 2. The second-order valence-electron chi connectivity index (χ2n) is 4.36. The van der Waals surface area contributed by atoms with Crippen LogP contribution >= 0.6 is 11.6 Å². The van der Waals surface area contributed by atoms with Crippen molar-refractivity contribution in [3.8, 4) is 5.75 Å². The molecule has 1 aromatic carbocycles. The molecular formula is C13H19ClN2O2. The van der Waals surface area contributed by atoms with Gasteiger partial charge in [0.1, 0.15) is 5.75 Å². The quantitative estimate of drug-likeness (QED) is 0.692. The number of amides is 1. The fourth-order valence-corrected chi connectivity index (χ4v) is 1.65. The number of benzene rings is 1. The molecule has 1 amide bonds. The van der Waals surface area contributed by atoms with Crippen molar-refractivity contribution in [3.05, 3.63) is 28.8 Å². The highest BCUT2D eigenvalue weighted by Crippen LogP contribution is 2.24. The molecule has 1 rings (SSSR count). The lowest BCUT2D eigenvalue weighted by atomic mass is 10.2. The van der Waals surface area contributed by atoms with Crippen molar-refractivity contribution in [1.82, 2.24) is 10.6 Å². The number of carbonyl (C=O) groups excluding carboxylic acids is 1. The maximum Gasteiger partial charge on any atom is 0.222 e. The lowest BCUT2D eigenvalue weighted by Gasteiger charge is -2.10. The molecule has 100 valence electrons. The molecule has 0 saturated carbocycles. The Balaban J connectivity index is 2.28. The van der Waals surface area contributed by atoms with Gasteiger partial charge < -0.3 is 15.7 Å². The van der Waals surface area contributed by atoms with Gasteiger partial charge in [0.05, 0.1) is 0 Å². The van der Waals surface area contributed by atoms with E-state index in [2.05, 4.69) is 10.6 Å². The summed E-state index contributed by atoms with van der Waals surface area (Å²) in [7, 11) is 0. The summed E-state index contributed by atoms with van der Waals surface area (Å²) in [6.07, 6.45) is 0. The van der Waals surface area contributed by atoms with Crippen LogP contribution < -0.4 is 10.6 Å². The highest BCUT2D eigenvalue weighted by Gasteiger charge is 2.06. The summed E-state index contributed by atoms with van der Waals surface area (Å²) in [5.41, 5.74) is 0.675. The minimum atomic E-state index is -0.00221.